The summed E-state index contributed by atoms with van der Waals surface area (Å²) in [5, 5.41) is 2.92. The second-order valence-corrected chi connectivity index (χ2v) is 10.3. The van der Waals surface area contributed by atoms with Crippen LogP contribution in [0.15, 0.2) is 47.4 Å². The predicted molar refractivity (Wildman–Crippen MR) is 123 cm³/mol. The molecule has 0 aromatic heterocycles. The van der Waals surface area contributed by atoms with Gasteiger partial charge in [0, 0.05) is 50.6 Å². The lowest BCUT2D eigenvalue weighted by molar-refractivity contribution is -0.121. The van der Waals surface area contributed by atoms with Crippen LogP contribution in [0.25, 0.3) is 0 Å². The quantitative estimate of drug-likeness (QED) is 0.587. The number of ether oxygens (including phenoxy) is 3. The Bertz CT molecular complexity index is 1100. The van der Waals surface area contributed by atoms with Gasteiger partial charge in [0.15, 0.2) is 11.5 Å². The van der Waals surface area contributed by atoms with E-state index in [1.807, 2.05) is 0 Å². The maximum Gasteiger partial charge on any atom is 0.240 e. The van der Waals surface area contributed by atoms with E-state index in [1.54, 1.807) is 18.2 Å². The molecular weight excluding hydrogens is 463 g/mol. The van der Waals surface area contributed by atoms with Crippen LogP contribution in [0.1, 0.15) is 31.2 Å². The van der Waals surface area contributed by atoms with Crippen molar-refractivity contribution in [3.05, 3.63) is 53.8 Å². The molecule has 10 heteroatoms. The van der Waals surface area contributed by atoms with Crippen molar-refractivity contribution in [3.8, 4) is 11.5 Å². The smallest absolute Gasteiger partial charge is 0.240 e. The summed E-state index contributed by atoms with van der Waals surface area (Å²) in [5.74, 6) is 0.324. The molecule has 0 saturated carbocycles. The monoisotopic (exact) mass is 492 g/mol. The standard InChI is InChI=1S/C24H29FN2O6S/c25-19-4-2-18(3-5-19)24(9-14-31-15-10-24)17-26-23(28)8-11-27-34(29,30)20-6-7-21-22(16-20)33-13-1-12-32-21/h2-7,16,27H,1,8-15,17H2,(H,26,28). The van der Waals surface area contributed by atoms with Crippen LogP contribution in [0.4, 0.5) is 4.39 Å². The topological polar surface area (TPSA) is 103 Å². The van der Waals surface area contributed by atoms with E-state index in [1.165, 1.54) is 24.3 Å². The fraction of sp³-hybridized carbons (Fsp3) is 0.458. The Morgan fingerprint density at radius 3 is 2.41 bits per heavy atom. The lowest BCUT2D eigenvalue weighted by Gasteiger charge is -2.38. The van der Waals surface area contributed by atoms with E-state index < -0.39 is 10.0 Å². The van der Waals surface area contributed by atoms with Gasteiger partial charge in [0.2, 0.25) is 15.9 Å². The molecule has 1 fully saturated rings. The lowest BCUT2D eigenvalue weighted by atomic mass is 9.74. The average Bonchev–Trinajstić information content (AvgIpc) is 3.09. The highest BCUT2D eigenvalue weighted by atomic mass is 32.2. The van der Waals surface area contributed by atoms with Crippen molar-refractivity contribution in [2.75, 3.05) is 39.5 Å². The first-order valence-electron chi connectivity index (χ1n) is 11.4. The van der Waals surface area contributed by atoms with Crippen molar-refractivity contribution in [2.24, 2.45) is 0 Å². The zero-order valence-corrected chi connectivity index (χ0v) is 19.7. The van der Waals surface area contributed by atoms with Crippen LogP contribution in [0.5, 0.6) is 11.5 Å². The second kappa shape index (κ2) is 10.7. The van der Waals surface area contributed by atoms with Crippen molar-refractivity contribution in [2.45, 2.75) is 36.0 Å². The molecule has 0 unspecified atom stereocenters. The Labute approximate surface area is 198 Å². The molecule has 2 aromatic carbocycles. The molecule has 1 amide bonds. The molecule has 8 nitrogen and oxygen atoms in total. The first-order chi connectivity index (χ1) is 16.4. The van der Waals surface area contributed by atoms with Gasteiger partial charge >= 0.3 is 0 Å². The van der Waals surface area contributed by atoms with Gasteiger partial charge in [0.05, 0.1) is 18.1 Å². The second-order valence-electron chi connectivity index (χ2n) is 8.48. The number of halogens is 1. The Kier molecular flexibility index (Phi) is 7.70. The fourth-order valence-electron chi connectivity index (χ4n) is 4.18. The Morgan fingerprint density at radius 1 is 0.971 bits per heavy atom. The summed E-state index contributed by atoms with van der Waals surface area (Å²) in [5.41, 5.74) is 0.609. The molecule has 0 bridgehead atoms. The molecule has 0 spiro atoms. The molecule has 4 rings (SSSR count). The maximum atomic E-state index is 13.4. The predicted octanol–water partition coefficient (Wildman–Crippen LogP) is 2.52. The molecule has 2 aliphatic heterocycles. The van der Waals surface area contributed by atoms with E-state index in [0.29, 0.717) is 57.3 Å². The van der Waals surface area contributed by atoms with Gasteiger partial charge in [0.25, 0.3) is 0 Å². The van der Waals surface area contributed by atoms with Gasteiger partial charge in [-0.05, 0) is 42.7 Å². The number of benzene rings is 2. The third-order valence-corrected chi connectivity index (χ3v) is 7.66. The molecule has 2 N–H and O–H groups in total. The van der Waals surface area contributed by atoms with E-state index in [-0.39, 0.29) is 35.0 Å². The lowest BCUT2D eigenvalue weighted by Crippen LogP contribution is -2.45. The number of carbonyl (C=O) groups excluding carboxylic acids is 1. The Hall–Kier alpha value is -2.69. The molecule has 2 aromatic rings. The molecule has 34 heavy (non-hydrogen) atoms. The number of hydrogen-bond donors (Lipinski definition) is 2. The molecule has 0 aliphatic carbocycles. The molecular formula is C24H29FN2O6S. The van der Waals surface area contributed by atoms with Crippen LogP contribution in [-0.4, -0.2) is 53.8 Å². The van der Waals surface area contributed by atoms with E-state index in [2.05, 4.69) is 10.0 Å². The van der Waals surface area contributed by atoms with Crippen LogP contribution < -0.4 is 19.5 Å². The first-order valence-corrected chi connectivity index (χ1v) is 12.9. The van der Waals surface area contributed by atoms with Crippen molar-refractivity contribution < 1.29 is 31.8 Å². The summed E-state index contributed by atoms with van der Waals surface area (Å²) in [4.78, 5) is 12.5. The summed E-state index contributed by atoms with van der Waals surface area (Å²) >= 11 is 0. The van der Waals surface area contributed by atoms with E-state index in [9.17, 15) is 17.6 Å². The van der Waals surface area contributed by atoms with Gasteiger partial charge in [-0.3, -0.25) is 4.79 Å². The van der Waals surface area contributed by atoms with Crippen molar-refractivity contribution >= 4 is 15.9 Å². The summed E-state index contributed by atoms with van der Waals surface area (Å²) in [7, 11) is -3.81. The minimum absolute atomic E-state index is 0.0141. The van der Waals surface area contributed by atoms with Crippen LogP contribution >= 0.6 is 0 Å². The van der Waals surface area contributed by atoms with Crippen molar-refractivity contribution in [3.63, 3.8) is 0 Å². The van der Waals surface area contributed by atoms with E-state index >= 15 is 0 Å². The number of amides is 1. The van der Waals surface area contributed by atoms with Gasteiger partial charge in [0.1, 0.15) is 5.82 Å². The van der Waals surface area contributed by atoms with Gasteiger partial charge in [-0.25, -0.2) is 17.5 Å². The number of hydrogen-bond acceptors (Lipinski definition) is 6. The van der Waals surface area contributed by atoms with Gasteiger partial charge in [-0.2, -0.15) is 0 Å². The largest absolute Gasteiger partial charge is 0.490 e. The van der Waals surface area contributed by atoms with Gasteiger partial charge < -0.3 is 19.5 Å². The Morgan fingerprint density at radius 2 is 1.68 bits per heavy atom. The zero-order chi connectivity index (χ0) is 24.0. The first kappa shape index (κ1) is 24.4. The number of rotatable bonds is 8. The number of fused-ring (bicyclic) bond motifs is 1. The molecule has 1 saturated heterocycles. The number of carbonyl (C=O) groups is 1. The van der Waals surface area contributed by atoms with Crippen LogP contribution in [-0.2, 0) is 25.0 Å². The van der Waals surface area contributed by atoms with Crippen molar-refractivity contribution in [1.29, 1.82) is 0 Å². The highest BCUT2D eigenvalue weighted by Gasteiger charge is 2.34. The SMILES string of the molecule is O=C(CCNS(=O)(=O)c1ccc2c(c1)OCCCO2)NCC1(c2ccc(F)cc2)CCOCC1. The highest BCUT2D eigenvalue weighted by Crippen LogP contribution is 2.34. The summed E-state index contributed by atoms with van der Waals surface area (Å²) in [6.07, 6.45) is 2.12. The Balaban J connectivity index is 1.32. The third kappa shape index (κ3) is 5.86. The van der Waals surface area contributed by atoms with Gasteiger partial charge in [-0.1, -0.05) is 12.1 Å². The highest BCUT2D eigenvalue weighted by molar-refractivity contribution is 7.89. The molecule has 2 heterocycles. The summed E-state index contributed by atoms with van der Waals surface area (Å²) < 4.78 is 57.8. The normalized spacial score (nSPS) is 17.6. The number of sulfonamides is 1. The third-order valence-electron chi connectivity index (χ3n) is 6.20. The fourth-order valence-corrected chi connectivity index (χ4v) is 5.23. The van der Waals surface area contributed by atoms with Crippen molar-refractivity contribution in [1.82, 2.24) is 10.0 Å². The molecule has 0 radical (unpaired) electrons. The number of nitrogens with one attached hydrogen (secondary N) is 2. The van der Waals surface area contributed by atoms with Crippen LogP contribution in [0.3, 0.4) is 0 Å². The van der Waals surface area contributed by atoms with Crippen LogP contribution in [0, 0.1) is 5.82 Å². The van der Waals surface area contributed by atoms with E-state index in [0.717, 1.165) is 12.0 Å². The van der Waals surface area contributed by atoms with Gasteiger partial charge in [-0.15, -0.1) is 0 Å². The minimum Gasteiger partial charge on any atom is -0.490 e. The van der Waals surface area contributed by atoms with E-state index in [4.69, 9.17) is 14.2 Å². The molecule has 184 valence electrons. The average molecular weight is 493 g/mol. The minimum atomic E-state index is -3.81. The van der Waals surface area contributed by atoms with Crippen LogP contribution in [0.2, 0.25) is 0 Å². The maximum absolute atomic E-state index is 13.4. The molecule has 0 atom stereocenters. The summed E-state index contributed by atoms with van der Waals surface area (Å²) in [6.45, 7) is 2.41. The zero-order valence-electron chi connectivity index (χ0n) is 18.8. The molecule has 2 aliphatic rings. The summed E-state index contributed by atoms with van der Waals surface area (Å²) in [6, 6.07) is 10.8.